The van der Waals surface area contributed by atoms with Crippen molar-refractivity contribution in [3.63, 3.8) is 0 Å². The Bertz CT molecular complexity index is 587. The van der Waals surface area contributed by atoms with E-state index < -0.39 is 17.6 Å². The van der Waals surface area contributed by atoms with Gasteiger partial charge in [-0.15, -0.1) is 0 Å². The zero-order valence-corrected chi connectivity index (χ0v) is 13.1. The molecule has 0 aromatic heterocycles. The Balaban J connectivity index is 1.63. The van der Waals surface area contributed by atoms with Gasteiger partial charge in [-0.05, 0) is 56.3 Å². The lowest BCUT2D eigenvalue weighted by Crippen LogP contribution is -2.40. The van der Waals surface area contributed by atoms with Crippen LogP contribution in [0.25, 0.3) is 0 Å². The van der Waals surface area contributed by atoms with Gasteiger partial charge in [-0.25, -0.2) is 0 Å². The number of benzene rings is 1. The normalized spacial score (nSPS) is 28.4. The fourth-order valence-electron chi connectivity index (χ4n) is 3.90. The minimum absolute atomic E-state index is 0.0600. The third kappa shape index (κ3) is 3.68. The summed E-state index contributed by atoms with van der Waals surface area (Å²) in [5.74, 6) is 0.869. The van der Waals surface area contributed by atoms with Crippen LogP contribution in [0, 0.1) is 11.8 Å². The van der Waals surface area contributed by atoms with Crippen LogP contribution in [-0.2, 0) is 6.18 Å². The summed E-state index contributed by atoms with van der Waals surface area (Å²) in [6.45, 7) is 2.15. The van der Waals surface area contributed by atoms with Gasteiger partial charge in [0.05, 0.1) is 5.56 Å². The van der Waals surface area contributed by atoms with E-state index in [1.165, 1.54) is 12.1 Å². The molecule has 6 heteroatoms. The summed E-state index contributed by atoms with van der Waals surface area (Å²) in [5, 5.41) is 2.92. The average Bonchev–Trinajstić information content (AvgIpc) is 2.86. The van der Waals surface area contributed by atoms with Crippen LogP contribution in [0.2, 0.25) is 0 Å². The maximum atomic E-state index is 12.7. The lowest BCUT2D eigenvalue weighted by molar-refractivity contribution is -0.137. The molecule has 0 spiro atoms. The lowest BCUT2D eigenvalue weighted by atomic mass is 9.79. The molecule has 2 aliphatic rings. The van der Waals surface area contributed by atoms with Crippen LogP contribution >= 0.6 is 0 Å². The molecule has 3 nitrogen and oxygen atoms in total. The fraction of sp³-hybridized carbons (Fsp3) is 0.588. The van der Waals surface area contributed by atoms with E-state index in [2.05, 4.69) is 17.3 Å². The van der Waals surface area contributed by atoms with E-state index in [1.807, 2.05) is 0 Å². The summed E-state index contributed by atoms with van der Waals surface area (Å²) in [7, 11) is 2.11. The molecule has 1 saturated heterocycles. The molecule has 23 heavy (non-hydrogen) atoms. The van der Waals surface area contributed by atoms with Gasteiger partial charge in [0, 0.05) is 24.7 Å². The average molecular weight is 326 g/mol. The zero-order chi connectivity index (χ0) is 16.6. The number of nitrogens with zero attached hydrogens (tertiary/aromatic N) is 1. The third-order valence-electron chi connectivity index (χ3n) is 5.02. The van der Waals surface area contributed by atoms with Gasteiger partial charge in [0.2, 0.25) is 0 Å². The highest BCUT2D eigenvalue weighted by molar-refractivity contribution is 5.94. The van der Waals surface area contributed by atoms with Crippen molar-refractivity contribution in [3.8, 4) is 0 Å². The fourth-order valence-corrected chi connectivity index (χ4v) is 3.90. The van der Waals surface area contributed by atoms with Crippen molar-refractivity contribution >= 4 is 5.91 Å². The molecule has 1 aliphatic heterocycles. The van der Waals surface area contributed by atoms with Crippen molar-refractivity contribution in [1.29, 1.82) is 0 Å². The molecule has 0 bridgehead atoms. The largest absolute Gasteiger partial charge is 0.416 e. The minimum atomic E-state index is -4.43. The predicted octanol–water partition coefficient (Wildman–Crippen LogP) is 3.17. The van der Waals surface area contributed by atoms with Gasteiger partial charge in [0.15, 0.2) is 0 Å². The van der Waals surface area contributed by atoms with Crippen molar-refractivity contribution in [2.45, 2.75) is 31.5 Å². The molecule has 1 heterocycles. The molecule has 2 unspecified atom stereocenters. The number of hydrogen-bond acceptors (Lipinski definition) is 2. The van der Waals surface area contributed by atoms with E-state index in [9.17, 15) is 18.0 Å². The summed E-state index contributed by atoms with van der Waals surface area (Å²) in [6.07, 6.45) is -1.54. The van der Waals surface area contributed by atoms with E-state index in [4.69, 9.17) is 0 Å². The first-order valence-electron chi connectivity index (χ1n) is 7.99. The molecule has 0 radical (unpaired) electrons. The summed E-state index contributed by atoms with van der Waals surface area (Å²) in [6, 6.07) is 4.67. The SMILES string of the molecule is CN1CC2CC[C@@H](NC(=O)c3cccc(C(F)(F)F)c3)CC2C1. The first-order chi connectivity index (χ1) is 10.8. The predicted molar refractivity (Wildman–Crippen MR) is 81.0 cm³/mol. The number of likely N-dealkylation sites (tertiary alicyclic amines) is 1. The molecule has 1 amide bonds. The second-order valence-corrected chi connectivity index (χ2v) is 6.80. The third-order valence-corrected chi connectivity index (χ3v) is 5.02. The van der Waals surface area contributed by atoms with Gasteiger partial charge in [0.1, 0.15) is 0 Å². The van der Waals surface area contributed by atoms with Crippen LogP contribution in [0.3, 0.4) is 0 Å². The topological polar surface area (TPSA) is 32.3 Å². The highest BCUT2D eigenvalue weighted by Crippen LogP contribution is 2.35. The number of fused-ring (bicyclic) bond motifs is 1. The molecular weight excluding hydrogens is 305 g/mol. The van der Waals surface area contributed by atoms with E-state index in [-0.39, 0.29) is 11.6 Å². The zero-order valence-electron chi connectivity index (χ0n) is 13.1. The summed E-state index contributed by atoms with van der Waals surface area (Å²) in [5.41, 5.74) is -0.711. The van der Waals surface area contributed by atoms with E-state index >= 15 is 0 Å². The highest BCUT2D eigenvalue weighted by atomic mass is 19.4. The number of carbonyl (C=O) groups is 1. The quantitative estimate of drug-likeness (QED) is 0.905. The number of hydrogen-bond donors (Lipinski definition) is 1. The van der Waals surface area contributed by atoms with Crippen LogP contribution in [0.4, 0.5) is 13.2 Å². The molecule has 1 saturated carbocycles. The standard InChI is InChI=1S/C17H21F3N2O/c1-22-9-12-5-6-15(8-13(12)10-22)21-16(23)11-3-2-4-14(7-11)17(18,19)20/h2-4,7,12-13,15H,5-6,8-10H2,1H3,(H,21,23)/t12?,13?,15-/m1/s1. The molecule has 3 atom stereocenters. The van der Waals surface area contributed by atoms with Crippen molar-refractivity contribution in [3.05, 3.63) is 35.4 Å². The molecule has 2 fully saturated rings. The van der Waals surface area contributed by atoms with Crippen molar-refractivity contribution in [2.75, 3.05) is 20.1 Å². The smallest absolute Gasteiger partial charge is 0.349 e. The Morgan fingerprint density at radius 3 is 2.70 bits per heavy atom. The molecule has 3 rings (SSSR count). The Morgan fingerprint density at radius 2 is 1.96 bits per heavy atom. The second-order valence-electron chi connectivity index (χ2n) is 6.80. The number of amides is 1. The van der Waals surface area contributed by atoms with Gasteiger partial charge in [0.25, 0.3) is 5.91 Å². The number of nitrogens with one attached hydrogen (secondary N) is 1. The number of carbonyl (C=O) groups excluding carboxylic acids is 1. The van der Waals surface area contributed by atoms with Gasteiger partial charge < -0.3 is 10.2 Å². The Kier molecular flexibility index (Phi) is 4.36. The van der Waals surface area contributed by atoms with Crippen LogP contribution in [0.15, 0.2) is 24.3 Å². The monoisotopic (exact) mass is 326 g/mol. The summed E-state index contributed by atoms with van der Waals surface area (Å²) >= 11 is 0. The molecule has 1 aromatic carbocycles. The Labute approximate surface area is 133 Å². The lowest BCUT2D eigenvalue weighted by Gasteiger charge is -2.31. The molecular formula is C17H21F3N2O. The number of halogens is 3. The Morgan fingerprint density at radius 1 is 1.22 bits per heavy atom. The number of rotatable bonds is 2. The molecule has 1 N–H and O–H groups in total. The van der Waals surface area contributed by atoms with E-state index in [0.717, 1.165) is 44.5 Å². The van der Waals surface area contributed by atoms with Crippen LogP contribution in [0.5, 0.6) is 0 Å². The van der Waals surface area contributed by atoms with Crippen molar-refractivity contribution in [2.24, 2.45) is 11.8 Å². The Hall–Kier alpha value is -1.56. The molecule has 1 aliphatic carbocycles. The number of alkyl halides is 3. The van der Waals surface area contributed by atoms with E-state index in [1.54, 1.807) is 0 Å². The van der Waals surface area contributed by atoms with Crippen molar-refractivity contribution < 1.29 is 18.0 Å². The van der Waals surface area contributed by atoms with E-state index in [0.29, 0.717) is 11.8 Å². The van der Waals surface area contributed by atoms with Crippen LogP contribution in [0.1, 0.15) is 35.2 Å². The van der Waals surface area contributed by atoms with Crippen LogP contribution < -0.4 is 5.32 Å². The first kappa shape index (κ1) is 16.3. The first-order valence-corrected chi connectivity index (χ1v) is 7.99. The van der Waals surface area contributed by atoms with Gasteiger partial charge in [-0.1, -0.05) is 6.07 Å². The summed E-state index contributed by atoms with van der Waals surface area (Å²) < 4.78 is 38.2. The van der Waals surface area contributed by atoms with Gasteiger partial charge in [-0.2, -0.15) is 13.2 Å². The van der Waals surface area contributed by atoms with Crippen LogP contribution in [-0.4, -0.2) is 37.0 Å². The molecule has 126 valence electrons. The maximum Gasteiger partial charge on any atom is 0.416 e. The second kappa shape index (κ2) is 6.15. The molecule has 1 aromatic rings. The van der Waals surface area contributed by atoms with Gasteiger partial charge >= 0.3 is 6.18 Å². The highest BCUT2D eigenvalue weighted by Gasteiger charge is 2.37. The maximum absolute atomic E-state index is 12.7. The van der Waals surface area contributed by atoms with Crippen molar-refractivity contribution in [1.82, 2.24) is 10.2 Å². The van der Waals surface area contributed by atoms with Gasteiger partial charge in [-0.3, -0.25) is 4.79 Å². The summed E-state index contributed by atoms with van der Waals surface area (Å²) in [4.78, 5) is 14.6. The minimum Gasteiger partial charge on any atom is -0.349 e.